The van der Waals surface area contributed by atoms with Crippen LogP contribution < -0.4 is 0 Å². The number of hydrogen-bond donors (Lipinski definition) is 0. The van der Waals surface area contributed by atoms with E-state index in [0.717, 1.165) is 25.3 Å². The SMILES string of the molecule is COC(=O)C1=C(C(=O)OC)C2(c3ccc(C)cc3)C=C(C(=O)c3ccc(C)cc3)C(C)(C)N2C1(C#N)C#N. The van der Waals surface area contributed by atoms with Crippen molar-refractivity contribution in [2.45, 2.75) is 44.3 Å². The average Bonchev–Trinajstić information content (AvgIpc) is 3.33. The molecule has 2 aromatic rings. The molecule has 0 bridgehead atoms. The summed E-state index contributed by atoms with van der Waals surface area (Å²) in [6.07, 6.45) is 1.59. The lowest BCUT2D eigenvalue weighted by Gasteiger charge is -2.45. The highest BCUT2D eigenvalue weighted by molar-refractivity contribution is 6.13. The fourth-order valence-electron chi connectivity index (χ4n) is 5.68. The third kappa shape index (κ3) is 3.42. The van der Waals surface area contributed by atoms with Crippen LogP contribution in [0.4, 0.5) is 0 Å². The smallest absolute Gasteiger partial charge is 0.338 e. The molecule has 0 fully saturated rings. The predicted molar refractivity (Wildman–Crippen MR) is 137 cm³/mol. The zero-order valence-electron chi connectivity index (χ0n) is 22.1. The van der Waals surface area contributed by atoms with Crippen molar-refractivity contribution in [2.75, 3.05) is 14.2 Å². The molecule has 4 rings (SSSR count). The van der Waals surface area contributed by atoms with Crippen LogP contribution >= 0.6 is 0 Å². The number of nitrogens with zero attached hydrogens (tertiary/aromatic N) is 3. The molecule has 0 aromatic heterocycles. The number of nitriles is 2. The van der Waals surface area contributed by atoms with Gasteiger partial charge in [0.2, 0.25) is 5.54 Å². The molecule has 38 heavy (non-hydrogen) atoms. The van der Waals surface area contributed by atoms with E-state index in [4.69, 9.17) is 9.47 Å². The minimum absolute atomic E-state index is 0.237. The van der Waals surface area contributed by atoms with Crippen molar-refractivity contribution in [3.8, 4) is 12.1 Å². The van der Waals surface area contributed by atoms with Crippen molar-refractivity contribution < 1.29 is 23.9 Å². The number of ketones is 1. The van der Waals surface area contributed by atoms with Gasteiger partial charge in [0.15, 0.2) is 5.78 Å². The van der Waals surface area contributed by atoms with Gasteiger partial charge in [-0.3, -0.25) is 4.79 Å². The number of hydrogen-bond acceptors (Lipinski definition) is 8. The Morgan fingerprint density at radius 3 is 1.74 bits per heavy atom. The average molecular weight is 510 g/mol. The van der Waals surface area contributed by atoms with Crippen LogP contribution in [0.1, 0.15) is 40.9 Å². The monoisotopic (exact) mass is 509 g/mol. The Hall–Kier alpha value is -4.53. The Morgan fingerprint density at radius 2 is 1.26 bits per heavy atom. The van der Waals surface area contributed by atoms with Gasteiger partial charge in [-0.1, -0.05) is 59.7 Å². The fourth-order valence-corrected chi connectivity index (χ4v) is 5.68. The largest absolute Gasteiger partial charge is 0.466 e. The van der Waals surface area contributed by atoms with E-state index in [9.17, 15) is 24.9 Å². The molecular formula is C30H27N3O5. The Kier molecular flexibility index (Phi) is 6.35. The van der Waals surface area contributed by atoms with E-state index in [0.29, 0.717) is 11.1 Å². The first-order valence-corrected chi connectivity index (χ1v) is 11.9. The van der Waals surface area contributed by atoms with Crippen LogP contribution in [-0.4, -0.2) is 47.9 Å². The van der Waals surface area contributed by atoms with E-state index < -0.39 is 34.1 Å². The van der Waals surface area contributed by atoms with E-state index in [2.05, 4.69) is 0 Å². The lowest BCUT2D eigenvalue weighted by atomic mass is 9.80. The number of carbonyl (C=O) groups excluding carboxylic acids is 3. The highest BCUT2D eigenvalue weighted by Gasteiger charge is 2.72. The summed E-state index contributed by atoms with van der Waals surface area (Å²) < 4.78 is 10.1. The summed E-state index contributed by atoms with van der Waals surface area (Å²) >= 11 is 0. The zero-order valence-corrected chi connectivity index (χ0v) is 22.1. The van der Waals surface area contributed by atoms with Crippen LogP contribution in [0.25, 0.3) is 0 Å². The molecule has 0 radical (unpaired) electrons. The molecule has 0 amide bonds. The van der Waals surface area contributed by atoms with Gasteiger partial charge in [-0.25, -0.2) is 14.5 Å². The molecule has 2 heterocycles. The Morgan fingerprint density at radius 1 is 0.789 bits per heavy atom. The quantitative estimate of drug-likeness (QED) is 0.440. The number of rotatable bonds is 5. The van der Waals surface area contributed by atoms with Gasteiger partial charge < -0.3 is 9.47 Å². The lowest BCUT2D eigenvalue weighted by Crippen LogP contribution is -2.60. The summed E-state index contributed by atoms with van der Waals surface area (Å²) in [5.74, 6) is -2.26. The van der Waals surface area contributed by atoms with Crippen LogP contribution in [0.15, 0.2) is 71.3 Å². The van der Waals surface area contributed by atoms with Crippen molar-refractivity contribution in [3.63, 3.8) is 0 Å². The number of Topliss-reactive ketones (excluding diaryl/α,β-unsaturated/α-hetero) is 1. The van der Waals surface area contributed by atoms with Crippen LogP contribution in [-0.2, 0) is 24.6 Å². The molecule has 2 aromatic carbocycles. The number of esters is 2. The van der Waals surface area contributed by atoms with Crippen LogP contribution in [0.3, 0.4) is 0 Å². The summed E-state index contributed by atoms with van der Waals surface area (Å²) in [5.41, 5.74) is -2.84. The highest BCUT2D eigenvalue weighted by atomic mass is 16.5. The van der Waals surface area contributed by atoms with E-state index >= 15 is 0 Å². The van der Waals surface area contributed by atoms with E-state index in [-0.39, 0.29) is 16.9 Å². The van der Waals surface area contributed by atoms with Crippen LogP contribution in [0, 0.1) is 36.5 Å². The molecule has 1 unspecified atom stereocenters. The maximum atomic E-state index is 14.0. The van der Waals surface area contributed by atoms with Crippen LogP contribution in [0.2, 0.25) is 0 Å². The second-order valence-electron chi connectivity index (χ2n) is 9.95. The second kappa shape index (κ2) is 9.09. The fraction of sp³-hybridized carbons (Fsp3) is 0.300. The second-order valence-corrected chi connectivity index (χ2v) is 9.95. The van der Waals surface area contributed by atoms with Crippen molar-refractivity contribution in [1.82, 2.24) is 4.90 Å². The maximum Gasteiger partial charge on any atom is 0.338 e. The minimum atomic E-state index is -2.28. The topological polar surface area (TPSA) is 120 Å². The molecule has 0 aliphatic carbocycles. The number of ether oxygens (including phenoxy) is 2. The molecular weight excluding hydrogens is 482 g/mol. The van der Waals surface area contributed by atoms with E-state index in [1.54, 1.807) is 44.2 Å². The first kappa shape index (κ1) is 26.5. The van der Waals surface area contributed by atoms with Gasteiger partial charge in [0.25, 0.3) is 0 Å². The number of aryl methyl sites for hydroxylation is 2. The summed E-state index contributed by atoms with van der Waals surface area (Å²) in [6, 6.07) is 18.2. The van der Waals surface area contributed by atoms with Crippen LogP contribution in [0.5, 0.6) is 0 Å². The third-order valence-corrected chi connectivity index (χ3v) is 7.41. The lowest BCUT2D eigenvalue weighted by molar-refractivity contribution is -0.139. The molecule has 1 atom stereocenters. The molecule has 192 valence electrons. The minimum Gasteiger partial charge on any atom is -0.466 e. The van der Waals surface area contributed by atoms with Gasteiger partial charge >= 0.3 is 11.9 Å². The summed E-state index contributed by atoms with van der Waals surface area (Å²) in [4.78, 5) is 42.1. The zero-order chi connectivity index (χ0) is 28.0. The van der Waals surface area contributed by atoms with Gasteiger partial charge in [-0.15, -0.1) is 0 Å². The predicted octanol–water partition coefficient (Wildman–Crippen LogP) is 3.84. The van der Waals surface area contributed by atoms with Crippen molar-refractivity contribution in [2.24, 2.45) is 0 Å². The Labute approximate surface area is 221 Å². The number of methoxy groups -OCH3 is 2. The van der Waals surface area contributed by atoms with Gasteiger partial charge in [-0.2, -0.15) is 10.5 Å². The highest BCUT2D eigenvalue weighted by Crippen LogP contribution is 2.61. The normalized spacial score (nSPS) is 21.1. The molecule has 0 spiro atoms. The summed E-state index contributed by atoms with van der Waals surface area (Å²) in [6.45, 7) is 7.19. The molecule has 2 aliphatic heterocycles. The van der Waals surface area contributed by atoms with Gasteiger partial charge in [-0.05, 0) is 39.3 Å². The molecule has 0 N–H and O–H groups in total. The molecule has 0 saturated heterocycles. The third-order valence-electron chi connectivity index (χ3n) is 7.41. The maximum absolute atomic E-state index is 14.0. The number of carbonyl (C=O) groups is 3. The Bertz CT molecular complexity index is 1490. The standard InChI is InChI=1S/C30H27N3O5/c1-18-7-11-20(12-8-18)25(34)22-15-30(21-13-9-19(2)10-14-21)24(27(36)38-6)23(26(35)37-5)29(16-31,17-32)33(30)28(22,3)4/h7-15H,1-6H3. The molecule has 8 heteroatoms. The molecule has 8 nitrogen and oxygen atoms in total. The number of benzene rings is 2. The first-order valence-electron chi connectivity index (χ1n) is 11.9. The summed E-state index contributed by atoms with van der Waals surface area (Å²) in [7, 11) is 2.26. The van der Waals surface area contributed by atoms with E-state index in [1.807, 2.05) is 50.3 Å². The molecule has 0 saturated carbocycles. The van der Waals surface area contributed by atoms with Gasteiger partial charge in [0.1, 0.15) is 17.7 Å². The summed E-state index contributed by atoms with van der Waals surface area (Å²) in [5, 5.41) is 21.1. The van der Waals surface area contributed by atoms with Crippen molar-refractivity contribution >= 4 is 17.7 Å². The van der Waals surface area contributed by atoms with Gasteiger partial charge in [0, 0.05) is 16.7 Å². The van der Waals surface area contributed by atoms with Gasteiger partial charge in [0.05, 0.1) is 25.4 Å². The number of fused-ring (bicyclic) bond motifs is 1. The van der Waals surface area contributed by atoms with Crippen molar-refractivity contribution in [1.29, 1.82) is 10.5 Å². The molecule has 2 aliphatic rings. The van der Waals surface area contributed by atoms with E-state index in [1.165, 1.54) is 4.90 Å². The van der Waals surface area contributed by atoms with Crippen molar-refractivity contribution in [3.05, 3.63) is 93.6 Å². The first-order chi connectivity index (χ1) is 18.0. The Balaban J connectivity index is 2.19.